The lowest BCUT2D eigenvalue weighted by molar-refractivity contribution is -0.122. The Balaban J connectivity index is 1.85. The second-order valence-electron chi connectivity index (χ2n) is 6.62. The Morgan fingerprint density at radius 1 is 1.10 bits per heavy atom. The van der Waals surface area contributed by atoms with Gasteiger partial charge in [-0.3, -0.25) is 14.3 Å². The summed E-state index contributed by atoms with van der Waals surface area (Å²) in [6.07, 6.45) is -0.298. The molecule has 0 fully saturated rings. The van der Waals surface area contributed by atoms with Crippen molar-refractivity contribution >= 4 is 11.6 Å². The highest BCUT2D eigenvalue weighted by Crippen LogP contribution is 2.21. The fraction of sp³-hybridized carbons (Fsp3) is 0.273. The highest BCUT2D eigenvalue weighted by atomic mass is 16.5. The lowest BCUT2D eigenvalue weighted by Crippen LogP contribution is -2.34. The smallest absolute Gasteiger partial charge is 0.295 e. The summed E-state index contributed by atoms with van der Waals surface area (Å²) in [5.74, 6) is 0.793. The second-order valence-corrected chi connectivity index (χ2v) is 6.62. The molecule has 3 aromatic rings. The molecule has 0 bridgehead atoms. The molecule has 0 unspecified atom stereocenters. The molecule has 0 aliphatic heterocycles. The summed E-state index contributed by atoms with van der Waals surface area (Å²) < 4.78 is 14.3. The molecule has 1 atom stereocenters. The molecule has 1 amide bonds. The monoisotopic (exact) mass is 395 g/mol. The van der Waals surface area contributed by atoms with Crippen LogP contribution < -0.4 is 20.3 Å². The first kappa shape index (κ1) is 20.3. The van der Waals surface area contributed by atoms with E-state index in [1.807, 2.05) is 37.3 Å². The molecule has 0 spiro atoms. The zero-order chi connectivity index (χ0) is 21.0. The van der Waals surface area contributed by atoms with Crippen LogP contribution in [-0.4, -0.2) is 28.5 Å². The Kier molecular flexibility index (Phi) is 6.07. The number of hydrogen-bond acceptors (Lipinski definition) is 4. The van der Waals surface area contributed by atoms with Gasteiger partial charge in [-0.15, -0.1) is 0 Å². The Morgan fingerprint density at radius 2 is 1.79 bits per heavy atom. The SMILES string of the molecule is CC[C@H](Oc1cccc(OC)c1)C(=O)Nc1c(C)n(C)n(-c2ccccc2)c1=O. The highest BCUT2D eigenvalue weighted by molar-refractivity contribution is 5.94. The highest BCUT2D eigenvalue weighted by Gasteiger charge is 2.23. The number of nitrogens with zero attached hydrogens (tertiary/aromatic N) is 2. The molecule has 0 saturated heterocycles. The van der Waals surface area contributed by atoms with Crippen LogP contribution in [0.2, 0.25) is 0 Å². The number of rotatable bonds is 7. The van der Waals surface area contributed by atoms with Gasteiger partial charge in [0.25, 0.3) is 11.5 Å². The van der Waals surface area contributed by atoms with Crippen LogP contribution in [0.25, 0.3) is 5.69 Å². The van der Waals surface area contributed by atoms with Gasteiger partial charge in [0.05, 0.1) is 18.5 Å². The quantitative estimate of drug-likeness (QED) is 0.666. The number of anilines is 1. The summed E-state index contributed by atoms with van der Waals surface area (Å²) in [4.78, 5) is 25.8. The summed E-state index contributed by atoms with van der Waals surface area (Å²) in [6.45, 7) is 3.64. The van der Waals surface area contributed by atoms with Gasteiger partial charge in [0, 0.05) is 13.1 Å². The van der Waals surface area contributed by atoms with Gasteiger partial charge in [0.2, 0.25) is 0 Å². The van der Waals surface area contributed by atoms with E-state index in [2.05, 4.69) is 5.32 Å². The minimum absolute atomic E-state index is 0.244. The predicted molar refractivity (Wildman–Crippen MR) is 112 cm³/mol. The van der Waals surface area contributed by atoms with Crippen molar-refractivity contribution in [2.45, 2.75) is 26.4 Å². The zero-order valence-corrected chi connectivity index (χ0v) is 17.0. The third-order valence-corrected chi connectivity index (χ3v) is 4.79. The molecule has 7 heteroatoms. The van der Waals surface area contributed by atoms with Gasteiger partial charge in [-0.25, -0.2) is 4.68 Å². The molecule has 1 aromatic heterocycles. The van der Waals surface area contributed by atoms with Crippen LogP contribution in [0.15, 0.2) is 59.4 Å². The maximum Gasteiger partial charge on any atom is 0.295 e. The van der Waals surface area contributed by atoms with E-state index < -0.39 is 6.10 Å². The van der Waals surface area contributed by atoms with Crippen molar-refractivity contribution in [2.75, 3.05) is 12.4 Å². The van der Waals surface area contributed by atoms with Crippen LogP contribution in [-0.2, 0) is 11.8 Å². The largest absolute Gasteiger partial charge is 0.497 e. The van der Waals surface area contributed by atoms with Crippen LogP contribution >= 0.6 is 0 Å². The first-order valence-corrected chi connectivity index (χ1v) is 9.41. The second kappa shape index (κ2) is 8.68. The predicted octanol–water partition coefficient (Wildman–Crippen LogP) is 3.29. The maximum atomic E-state index is 13.0. The molecule has 0 aliphatic carbocycles. The summed E-state index contributed by atoms with van der Waals surface area (Å²) in [7, 11) is 3.35. The van der Waals surface area contributed by atoms with Crippen molar-refractivity contribution in [1.82, 2.24) is 9.36 Å². The fourth-order valence-electron chi connectivity index (χ4n) is 3.08. The van der Waals surface area contributed by atoms with E-state index in [4.69, 9.17) is 9.47 Å². The lowest BCUT2D eigenvalue weighted by atomic mass is 10.2. The van der Waals surface area contributed by atoms with Gasteiger partial charge in [0.15, 0.2) is 6.10 Å². The average Bonchev–Trinajstić information content (AvgIpc) is 2.95. The van der Waals surface area contributed by atoms with Crippen LogP contribution in [0, 0.1) is 6.92 Å². The number of carbonyl (C=O) groups is 1. The zero-order valence-electron chi connectivity index (χ0n) is 17.0. The van der Waals surface area contributed by atoms with Gasteiger partial charge in [0.1, 0.15) is 17.2 Å². The van der Waals surface area contributed by atoms with Crippen molar-refractivity contribution in [3.05, 3.63) is 70.6 Å². The molecule has 1 heterocycles. The fourth-order valence-corrected chi connectivity index (χ4v) is 3.08. The van der Waals surface area contributed by atoms with Crippen molar-refractivity contribution in [3.8, 4) is 17.2 Å². The molecule has 29 heavy (non-hydrogen) atoms. The third kappa shape index (κ3) is 4.18. The molecule has 152 valence electrons. The van der Waals surface area contributed by atoms with Gasteiger partial charge < -0.3 is 14.8 Å². The summed E-state index contributed by atoms with van der Waals surface area (Å²) in [6, 6.07) is 16.3. The Morgan fingerprint density at radius 3 is 2.45 bits per heavy atom. The van der Waals surface area contributed by atoms with Crippen LogP contribution in [0.1, 0.15) is 19.0 Å². The number of methoxy groups -OCH3 is 1. The summed E-state index contributed by atoms with van der Waals surface area (Å²) in [5, 5.41) is 2.76. The first-order valence-electron chi connectivity index (χ1n) is 9.41. The van der Waals surface area contributed by atoms with Gasteiger partial charge in [-0.2, -0.15) is 0 Å². The summed E-state index contributed by atoms with van der Waals surface area (Å²) >= 11 is 0. The topological polar surface area (TPSA) is 74.5 Å². The maximum absolute atomic E-state index is 13.0. The van der Waals surface area contributed by atoms with E-state index in [1.54, 1.807) is 50.0 Å². The van der Waals surface area contributed by atoms with Crippen LogP contribution in [0.3, 0.4) is 0 Å². The molecule has 3 rings (SSSR count). The Bertz CT molecular complexity index is 1050. The Labute approximate surface area is 169 Å². The van der Waals surface area contributed by atoms with Gasteiger partial charge >= 0.3 is 0 Å². The minimum Gasteiger partial charge on any atom is -0.497 e. The normalized spacial score (nSPS) is 11.7. The van der Waals surface area contributed by atoms with Crippen molar-refractivity contribution < 1.29 is 14.3 Å². The molecular weight excluding hydrogens is 370 g/mol. The van der Waals surface area contributed by atoms with E-state index in [9.17, 15) is 9.59 Å². The number of ether oxygens (including phenoxy) is 2. The van der Waals surface area contributed by atoms with Crippen LogP contribution in [0.4, 0.5) is 5.69 Å². The summed E-state index contributed by atoms with van der Waals surface area (Å²) in [5.41, 5.74) is 1.33. The van der Waals surface area contributed by atoms with Crippen LogP contribution in [0.5, 0.6) is 11.5 Å². The molecule has 0 saturated carbocycles. The number of nitrogens with one attached hydrogen (secondary N) is 1. The molecule has 1 N–H and O–H groups in total. The van der Waals surface area contributed by atoms with Gasteiger partial charge in [-0.05, 0) is 37.6 Å². The number of aromatic nitrogens is 2. The van der Waals surface area contributed by atoms with Crippen molar-refractivity contribution in [2.24, 2.45) is 7.05 Å². The number of para-hydroxylation sites is 1. The average molecular weight is 395 g/mol. The first-order chi connectivity index (χ1) is 14.0. The van der Waals surface area contributed by atoms with E-state index >= 15 is 0 Å². The van der Waals surface area contributed by atoms with Crippen molar-refractivity contribution in [1.29, 1.82) is 0 Å². The standard InChI is InChI=1S/C22H25N3O4/c1-5-19(29-18-13-9-12-17(14-18)28-4)21(26)23-20-15(2)24(3)25(22(20)27)16-10-7-6-8-11-16/h6-14,19H,5H2,1-4H3,(H,23,26)/t19-/m0/s1. The molecular formula is C22H25N3O4. The number of hydrogen-bond donors (Lipinski definition) is 1. The van der Waals surface area contributed by atoms with E-state index in [0.717, 1.165) is 5.69 Å². The molecule has 0 aliphatic rings. The third-order valence-electron chi connectivity index (χ3n) is 4.79. The van der Waals surface area contributed by atoms with E-state index in [1.165, 1.54) is 4.68 Å². The lowest BCUT2D eigenvalue weighted by Gasteiger charge is -2.17. The van der Waals surface area contributed by atoms with Gasteiger partial charge in [-0.1, -0.05) is 31.2 Å². The Hall–Kier alpha value is -3.48. The molecule has 2 aromatic carbocycles. The van der Waals surface area contributed by atoms with E-state index in [0.29, 0.717) is 23.6 Å². The molecule has 7 nitrogen and oxygen atoms in total. The molecule has 0 radical (unpaired) electrons. The van der Waals surface area contributed by atoms with E-state index in [-0.39, 0.29) is 17.2 Å². The number of carbonyl (C=O) groups excluding carboxylic acids is 1. The van der Waals surface area contributed by atoms with Crippen molar-refractivity contribution in [3.63, 3.8) is 0 Å². The number of amides is 1. The minimum atomic E-state index is -0.744. The number of benzene rings is 2.